The molecule has 1 amide bonds. The summed E-state index contributed by atoms with van der Waals surface area (Å²) in [7, 11) is 0. The van der Waals surface area contributed by atoms with Crippen LogP contribution in [0.4, 0.5) is 0 Å². The Hall–Kier alpha value is -1.01. The maximum Gasteiger partial charge on any atom is 0.219 e. The highest BCUT2D eigenvalue weighted by atomic mass is 16.1. The summed E-state index contributed by atoms with van der Waals surface area (Å²) in [6.45, 7) is 5.69. The second kappa shape index (κ2) is 7.29. The average Bonchev–Trinajstić information content (AvgIpc) is 2.28. The molecule has 1 aliphatic rings. The highest BCUT2D eigenvalue weighted by Gasteiger charge is 2.19. The molecule has 1 saturated heterocycles. The largest absolute Gasteiger partial charge is 0.356 e. The van der Waals surface area contributed by atoms with Gasteiger partial charge in [0, 0.05) is 19.5 Å². The SMILES string of the molecule is C#CCN1CCC[C@H](CNC(=O)CCC)C1. The predicted molar refractivity (Wildman–Crippen MR) is 65.9 cm³/mol. The third kappa shape index (κ3) is 4.67. The van der Waals surface area contributed by atoms with Gasteiger partial charge in [-0.05, 0) is 31.7 Å². The van der Waals surface area contributed by atoms with E-state index in [1.807, 2.05) is 6.92 Å². The van der Waals surface area contributed by atoms with E-state index in [0.717, 1.165) is 32.6 Å². The number of rotatable bonds is 5. The molecule has 1 N–H and O–H groups in total. The number of carbonyl (C=O) groups excluding carboxylic acids is 1. The van der Waals surface area contributed by atoms with Crippen LogP contribution in [0.2, 0.25) is 0 Å². The number of carbonyl (C=O) groups is 1. The zero-order chi connectivity index (χ0) is 11.8. The van der Waals surface area contributed by atoms with E-state index in [2.05, 4.69) is 16.1 Å². The minimum Gasteiger partial charge on any atom is -0.356 e. The van der Waals surface area contributed by atoms with Gasteiger partial charge in [0.05, 0.1) is 6.54 Å². The first kappa shape index (κ1) is 13.1. The second-order valence-electron chi connectivity index (χ2n) is 4.50. The molecular weight excluding hydrogens is 200 g/mol. The Morgan fingerprint density at radius 2 is 2.44 bits per heavy atom. The lowest BCUT2D eigenvalue weighted by atomic mass is 9.98. The number of likely N-dealkylation sites (tertiary alicyclic amines) is 1. The van der Waals surface area contributed by atoms with E-state index >= 15 is 0 Å². The molecular formula is C13H22N2O. The van der Waals surface area contributed by atoms with E-state index in [1.54, 1.807) is 0 Å². The van der Waals surface area contributed by atoms with Crippen molar-refractivity contribution < 1.29 is 4.79 Å². The lowest BCUT2D eigenvalue weighted by molar-refractivity contribution is -0.121. The van der Waals surface area contributed by atoms with Gasteiger partial charge in [-0.15, -0.1) is 6.42 Å². The summed E-state index contributed by atoms with van der Waals surface area (Å²) in [5.74, 6) is 3.43. The molecule has 3 heteroatoms. The number of terminal acetylenes is 1. The highest BCUT2D eigenvalue weighted by Crippen LogP contribution is 2.15. The van der Waals surface area contributed by atoms with E-state index in [0.29, 0.717) is 12.3 Å². The van der Waals surface area contributed by atoms with Crippen molar-refractivity contribution >= 4 is 5.91 Å². The fourth-order valence-electron chi connectivity index (χ4n) is 2.16. The summed E-state index contributed by atoms with van der Waals surface area (Å²) in [6.07, 6.45) is 9.25. The molecule has 0 saturated carbocycles. The summed E-state index contributed by atoms with van der Waals surface area (Å²) >= 11 is 0. The van der Waals surface area contributed by atoms with Gasteiger partial charge in [0.1, 0.15) is 0 Å². The first-order chi connectivity index (χ1) is 7.76. The standard InChI is InChI=1S/C13H22N2O/c1-3-6-13(16)14-10-12-7-5-9-15(11-12)8-4-2/h2,12H,3,5-11H2,1H3,(H,14,16)/t12-/m1/s1. The van der Waals surface area contributed by atoms with Gasteiger partial charge in [0.25, 0.3) is 0 Å². The Labute approximate surface area is 98.6 Å². The van der Waals surface area contributed by atoms with Crippen molar-refractivity contribution in [2.45, 2.75) is 32.6 Å². The van der Waals surface area contributed by atoms with E-state index in [4.69, 9.17) is 6.42 Å². The van der Waals surface area contributed by atoms with Crippen LogP contribution in [-0.4, -0.2) is 37.0 Å². The molecule has 90 valence electrons. The van der Waals surface area contributed by atoms with E-state index in [9.17, 15) is 4.79 Å². The molecule has 0 spiro atoms. The minimum atomic E-state index is 0.177. The van der Waals surface area contributed by atoms with Crippen molar-refractivity contribution in [2.24, 2.45) is 5.92 Å². The molecule has 1 fully saturated rings. The van der Waals surface area contributed by atoms with Crippen LogP contribution >= 0.6 is 0 Å². The molecule has 1 aliphatic heterocycles. The van der Waals surface area contributed by atoms with Crippen molar-refractivity contribution in [3.8, 4) is 12.3 Å². The molecule has 1 atom stereocenters. The van der Waals surface area contributed by atoms with Crippen LogP contribution < -0.4 is 5.32 Å². The van der Waals surface area contributed by atoms with Gasteiger partial charge in [-0.2, -0.15) is 0 Å². The van der Waals surface area contributed by atoms with Crippen molar-refractivity contribution in [3.05, 3.63) is 0 Å². The number of hydrogen-bond acceptors (Lipinski definition) is 2. The van der Waals surface area contributed by atoms with Crippen LogP contribution in [-0.2, 0) is 4.79 Å². The van der Waals surface area contributed by atoms with Crippen molar-refractivity contribution in [1.29, 1.82) is 0 Å². The number of hydrogen-bond donors (Lipinski definition) is 1. The number of nitrogens with zero attached hydrogens (tertiary/aromatic N) is 1. The van der Waals surface area contributed by atoms with Gasteiger partial charge in [0.15, 0.2) is 0 Å². The Morgan fingerprint density at radius 3 is 3.12 bits per heavy atom. The van der Waals surface area contributed by atoms with E-state index in [-0.39, 0.29) is 5.91 Å². The van der Waals surface area contributed by atoms with Crippen LogP contribution in [0.3, 0.4) is 0 Å². The van der Waals surface area contributed by atoms with Crippen LogP contribution in [0.5, 0.6) is 0 Å². The smallest absolute Gasteiger partial charge is 0.219 e. The molecule has 1 rings (SSSR count). The highest BCUT2D eigenvalue weighted by molar-refractivity contribution is 5.75. The van der Waals surface area contributed by atoms with Crippen LogP contribution in [0.15, 0.2) is 0 Å². The Morgan fingerprint density at radius 1 is 1.62 bits per heavy atom. The molecule has 0 unspecified atom stereocenters. The molecule has 0 aromatic rings. The zero-order valence-corrected chi connectivity index (χ0v) is 10.2. The molecule has 16 heavy (non-hydrogen) atoms. The number of amides is 1. The van der Waals surface area contributed by atoms with E-state index < -0.39 is 0 Å². The van der Waals surface area contributed by atoms with E-state index in [1.165, 1.54) is 12.8 Å². The summed E-state index contributed by atoms with van der Waals surface area (Å²) in [5.41, 5.74) is 0. The summed E-state index contributed by atoms with van der Waals surface area (Å²) in [6, 6.07) is 0. The summed E-state index contributed by atoms with van der Waals surface area (Å²) < 4.78 is 0. The van der Waals surface area contributed by atoms with Gasteiger partial charge in [-0.3, -0.25) is 9.69 Å². The molecule has 0 radical (unpaired) electrons. The molecule has 3 nitrogen and oxygen atoms in total. The van der Waals surface area contributed by atoms with Crippen molar-refractivity contribution in [1.82, 2.24) is 10.2 Å². The average molecular weight is 222 g/mol. The molecule has 1 heterocycles. The number of piperidine rings is 1. The molecule has 0 aromatic carbocycles. The second-order valence-corrected chi connectivity index (χ2v) is 4.50. The zero-order valence-electron chi connectivity index (χ0n) is 10.2. The normalized spacial score (nSPS) is 21.4. The molecule has 0 aromatic heterocycles. The van der Waals surface area contributed by atoms with Crippen molar-refractivity contribution in [2.75, 3.05) is 26.2 Å². The van der Waals surface area contributed by atoms with Crippen LogP contribution in [0.1, 0.15) is 32.6 Å². The molecule has 0 aliphatic carbocycles. The minimum absolute atomic E-state index is 0.177. The van der Waals surface area contributed by atoms with Gasteiger partial charge < -0.3 is 5.32 Å². The third-order valence-corrected chi connectivity index (χ3v) is 2.98. The summed E-state index contributed by atoms with van der Waals surface area (Å²) in [4.78, 5) is 13.6. The van der Waals surface area contributed by atoms with Gasteiger partial charge in [-0.1, -0.05) is 12.8 Å². The lowest BCUT2D eigenvalue weighted by Gasteiger charge is -2.31. The maximum absolute atomic E-state index is 11.3. The monoisotopic (exact) mass is 222 g/mol. The first-order valence-electron chi connectivity index (χ1n) is 6.18. The molecule has 0 bridgehead atoms. The van der Waals surface area contributed by atoms with Crippen molar-refractivity contribution in [3.63, 3.8) is 0 Å². The Bertz CT molecular complexity index is 257. The topological polar surface area (TPSA) is 32.3 Å². The third-order valence-electron chi connectivity index (χ3n) is 2.98. The van der Waals surface area contributed by atoms with Gasteiger partial charge in [-0.25, -0.2) is 0 Å². The lowest BCUT2D eigenvalue weighted by Crippen LogP contribution is -2.40. The van der Waals surface area contributed by atoms with Gasteiger partial charge >= 0.3 is 0 Å². The summed E-state index contributed by atoms with van der Waals surface area (Å²) in [5, 5.41) is 3.00. The van der Waals surface area contributed by atoms with Gasteiger partial charge in [0.2, 0.25) is 5.91 Å². The van der Waals surface area contributed by atoms with Crippen LogP contribution in [0.25, 0.3) is 0 Å². The fourth-order valence-corrected chi connectivity index (χ4v) is 2.16. The fraction of sp³-hybridized carbons (Fsp3) is 0.769. The quantitative estimate of drug-likeness (QED) is 0.710. The predicted octanol–water partition coefficient (Wildman–Crippen LogP) is 1.25. The Balaban J connectivity index is 2.21. The first-order valence-corrected chi connectivity index (χ1v) is 6.18. The number of nitrogens with one attached hydrogen (secondary N) is 1. The maximum atomic E-state index is 11.3. The Kier molecular flexibility index (Phi) is 5.95. The van der Waals surface area contributed by atoms with Crippen LogP contribution in [0, 0.1) is 18.3 Å².